The monoisotopic (exact) mass is 193 g/mol. The molecule has 0 fully saturated rings. The van der Waals surface area contributed by atoms with E-state index in [2.05, 4.69) is 0 Å². The summed E-state index contributed by atoms with van der Waals surface area (Å²) in [5.41, 5.74) is 7.04. The van der Waals surface area contributed by atoms with Crippen molar-refractivity contribution in [2.75, 3.05) is 0 Å². The Kier molecular flexibility index (Phi) is 3.23. The van der Waals surface area contributed by atoms with E-state index in [9.17, 15) is 4.79 Å². The van der Waals surface area contributed by atoms with Crippen LogP contribution in [0.4, 0.5) is 0 Å². The van der Waals surface area contributed by atoms with Gasteiger partial charge in [-0.15, -0.1) is 0 Å². The molecule has 0 saturated carbocycles. The lowest BCUT2D eigenvalue weighted by atomic mass is 10.1. The van der Waals surface area contributed by atoms with E-state index in [1.165, 1.54) is 6.92 Å². The minimum atomic E-state index is -0.305. The smallest absolute Gasteiger partial charge is 0.302 e. The van der Waals surface area contributed by atoms with Crippen LogP contribution in [0.15, 0.2) is 24.3 Å². The van der Waals surface area contributed by atoms with Crippen molar-refractivity contribution >= 4 is 11.8 Å². The molecule has 0 aliphatic carbocycles. The highest BCUT2D eigenvalue weighted by Crippen LogP contribution is 2.05. The summed E-state index contributed by atoms with van der Waals surface area (Å²) in [5, 5.41) is 5.43. The number of esters is 1. The fourth-order valence-electron chi connectivity index (χ4n) is 1.03. The van der Waals surface area contributed by atoms with E-state index < -0.39 is 0 Å². The Labute approximate surface area is 82.2 Å². The molecule has 0 spiro atoms. The number of benzene rings is 1. The molecule has 0 radical (unpaired) electrons. The minimum Gasteiger partial charge on any atom is -0.461 e. The van der Waals surface area contributed by atoms with Gasteiger partial charge in [-0.2, -0.15) is 0 Å². The zero-order valence-electron chi connectivity index (χ0n) is 7.99. The molecule has 1 rings (SSSR count). The van der Waals surface area contributed by atoms with Crippen LogP contribution in [0.3, 0.4) is 0 Å². The van der Waals surface area contributed by atoms with E-state index in [1.54, 1.807) is 12.1 Å². The summed E-state index contributed by atoms with van der Waals surface area (Å²) >= 11 is 0. The van der Waals surface area contributed by atoms with Gasteiger partial charge in [-0.25, -0.2) is 0 Å². The van der Waals surface area contributed by atoms with Gasteiger partial charge in [0, 0.05) is 6.92 Å². The van der Waals surface area contributed by atoms with Gasteiger partial charge in [-0.3, -0.25) is 15.9 Å². The molecule has 1 aromatic carbocycles. The molecule has 0 atom stereocenters. The number of carbonyl (C=O) groups excluding carboxylic acids is 1. The quantitative estimate of drug-likeness (QED) is 0.375. The zero-order valence-corrected chi connectivity index (χ0v) is 7.99. The fourth-order valence-corrected chi connectivity index (χ4v) is 1.03. The number of carbonyl (C=O) groups is 1. The van der Waals surface area contributed by atoms with Gasteiger partial charge in [-0.1, -0.05) is 12.1 Å². The van der Waals surface area contributed by atoms with Crippen molar-refractivity contribution in [2.24, 2.45) is 5.73 Å². The summed E-state index contributed by atoms with van der Waals surface area (Å²) < 4.78 is 4.83. The van der Waals surface area contributed by atoms with E-state index >= 15 is 0 Å². The standard InChI is InChI=1S/C10H12N2O2/c1-7(13)14-6-8-3-2-4-9(5-8)10(11)12/h2-5H,6H2,1H3,(H3,11,12)/p+1. The molecule has 1 aromatic rings. The van der Waals surface area contributed by atoms with Gasteiger partial charge in [0.1, 0.15) is 6.61 Å². The number of rotatable bonds is 3. The maximum atomic E-state index is 10.6. The molecule has 14 heavy (non-hydrogen) atoms. The largest absolute Gasteiger partial charge is 0.461 e. The molecule has 0 amide bonds. The highest BCUT2D eigenvalue weighted by Gasteiger charge is 2.03. The third-order valence-corrected chi connectivity index (χ3v) is 1.70. The van der Waals surface area contributed by atoms with Gasteiger partial charge in [0.25, 0.3) is 5.84 Å². The first-order chi connectivity index (χ1) is 6.59. The Balaban J connectivity index is 2.73. The maximum absolute atomic E-state index is 10.6. The van der Waals surface area contributed by atoms with Crippen LogP contribution >= 0.6 is 0 Å². The van der Waals surface area contributed by atoms with E-state index in [1.807, 2.05) is 12.1 Å². The van der Waals surface area contributed by atoms with E-state index in [0.29, 0.717) is 0 Å². The van der Waals surface area contributed by atoms with Crippen molar-refractivity contribution < 1.29 is 14.9 Å². The molecule has 4 N–H and O–H groups in total. The third-order valence-electron chi connectivity index (χ3n) is 1.70. The zero-order chi connectivity index (χ0) is 10.6. The van der Waals surface area contributed by atoms with Crippen LogP contribution in [0.2, 0.25) is 0 Å². The van der Waals surface area contributed by atoms with Crippen molar-refractivity contribution in [3.05, 3.63) is 35.4 Å². The number of ether oxygens (including phenoxy) is 1. The molecule has 0 aliphatic heterocycles. The summed E-state index contributed by atoms with van der Waals surface area (Å²) in [5.74, 6) is -0.0465. The molecule has 0 aromatic heterocycles. The number of hydrogen-bond acceptors (Lipinski definition) is 2. The maximum Gasteiger partial charge on any atom is 0.302 e. The first kappa shape index (κ1) is 10.2. The first-order valence-corrected chi connectivity index (χ1v) is 4.20. The third kappa shape index (κ3) is 2.90. The van der Waals surface area contributed by atoms with Gasteiger partial charge in [0.15, 0.2) is 0 Å². The average molecular weight is 193 g/mol. The molecule has 4 nitrogen and oxygen atoms in total. The average Bonchev–Trinajstić information content (AvgIpc) is 2.15. The second-order valence-corrected chi connectivity index (χ2v) is 2.94. The van der Waals surface area contributed by atoms with Gasteiger partial charge in [0.05, 0.1) is 5.56 Å². The summed E-state index contributed by atoms with van der Waals surface area (Å²) in [4.78, 5) is 10.6. The Morgan fingerprint density at radius 1 is 1.57 bits per heavy atom. The lowest BCUT2D eigenvalue weighted by Crippen LogP contribution is -2.46. The van der Waals surface area contributed by atoms with Crippen molar-refractivity contribution in [1.29, 1.82) is 0 Å². The molecular weight excluding hydrogens is 180 g/mol. The molecule has 0 aliphatic rings. The summed E-state index contributed by atoms with van der Waals surface area (Å²) in [6.07, 6.45) is 0. The summed E-state index contributed by atoms with van der Waals surface area (Å²) in [7, 11) is 0. The molecule has 0 unspecified atom stereocenters. The second-order valence-electron chi connectivity index (χ2n) is 2.94. The highest BCUT2D eigenvalue weighted by atomic mass is 16.5. The van der Waals surface area contributed by atoms with E-state index in [-0.39, 0.29) is 18.4 Å². The summed E-state index contributed by atoms with van der Waals surface area (Å²) in [6, 6.07) is 7.24. The van der Waals surface area contributed by atoms with Crippen molar-refractivity contribution in [3.8, 4) is 0 Å². The van der Waals surface area contributed by atoms with Crippen LogP contribution in [0.25, 0.3) is 0 Å². The topological polar surface area (TPSA) is 77.9 Å². The van der Waals surface area contributed by atoms with E-state index in [0.717, 1.165) is 11.1 Å². The Morgan fingerprint density at radius 2 is 2.29 bits per heavy atom. The normalized spacial score (nSPS) is 9.50. The first-order valence-electron chi connectivity index (χ1n) is 4.20. The molecular formula is C10H13N2O2+. The Morgan fingerprint density at radius 3 is 2.86 bits per heavy atom. The second kappa shape index (κ2) is 4.41. The molecule has 74 valence electrons. The minimum absolute atomic E-state index is 0.246. The van der Waals surface area contributed by atoms with Crippen LogP contribution in [-0.2, 0) is 16.1 Å². The van der Waals surface area contributed by atoms with Crippen LogP contribution in [-0.4, -0.2) is 11.8 Å². The van der Waals surface area contributed by atoms with Crippen LogP contribution in [0.1, 0.15) is 18.1 Å². The Bertz CT molecular complexity index is 361. The van der Waals surface area contributed by atoms with Crippen LogP contribution in [0, 0.1) is 0 Å². The van der Waals surface area contributed by atoms with E-state index in [4.69, 9.17) is 15.9 Å². The lowest BCUT2D eigenvalue weighted by molar-refractivity contribution is -0.142. The Hall–Kier alpha value is -1.84. The van der Waals surface area contributed by atoms with Crippen LogP contribution < -0.4 is 11.1 Å². The molecule has 0 heterocycles. The van der Waals surface area contributed by atoms with Gasteiger partial charge in [-0.05, 0) is 17.7 Å². The molecule has 4 heteroatoms. The number of nitrogens with two attached hydrogens (primary N) is 2. The van der Waals surface area contributed by atoms with Crippen LogP contribution in [0.5, 0.6) is 0 Å². The van der Waals surface area contributed by atoms with Gasteiger partial charge in [0.2, 0.25) is 0 Å². The van der Waals surface area contributed by atoms with Crippen molar-refractivity contribution in [1.82, 2.24) is 0 Å². The SMILES string of the molecule is CC(=O)OCc1cccc(C(N)=[NH2+])c1. The number of hydrogen-bond donors (Lipinski definition) is 2. The lowest BCUT2D eigenvalue weighted by Gasteiger charge is -2.02. The van der Waals surface area contributed by atoms with Crippen molar-refractivity contribution in [3.63, 3.8) is 0 Å². The molecule has 0 bridgehead atoms. The van der Waals surface area contributed by atoms with Gasteiger partial charge < -0.3 is 4.74 Å². The van der Waals surface area contributed by atoms with Crippen molar-refractivity contribution in [2.45, 2.75) is 13.5 Å². The van der Waals surface area contributed by atoms with Gasteiger partial charge >= 0.3 is 5.97 Å². The predicted molar refractivity (Wildman–Crippen MR) is 52.1 cm³/mol. The predicted octanol–water partition coefficient (Wildman–Crippen LogP) is -0.786. The fraction of sp³-hybridized carbons (Fsp3) is 0.200. The highest BCUT2D eigenvalue weighted by molar-refractivity contribution is 5.92. The summed E-state index contributed by atoms with van der Waals surface area (Å²) in [6.45, 7) is 1.61. The molecule has 0 saturated heterocycles. The number of amidine groups is 1.